The summed E-state index contributed by atoms with van der Waals surface area (Å²) in [7, 11) is 0. The third-order valence-corrected chi connectivity index (χ3v) is 2.34. The highest BCUT2D eigenvalue weighted by Crippen LogP contribution is 2.12. The molecule has 0 aromatic rings. The molecule has 0 bridgehead atoms. The molecule has 56 valence electrons. The number of hydrogen-bond acceptors (Lipinski definition) is 2. The first-order chi connectivity index (χ1) is 4.72. The van der Waals surface area contributed by atoms with Crippen molar-refractivity contribution >= 4 is 11.1 Å². The summed E-state index contributed by atoms with van der Waals surface area (Å²) in [5.41, 5.74) is 5.93. The molecular formula is C6H9NO2S. The zero-order chi connectivity index (χ0) is 7.56. The quantitative estimate of drug-likeness (QED) is 0.544. The minimum atomic E-state index is -1.83. The van der Waals surface area contributed by atoms with E-state index >= 15 is 0 Å². The number of hydrogen-bond donors (Lipinski definition) is 2. The Morgan fingerprint density at radius 1 is 1.80 bits per heavy atom. The van der Waals surface area contributed by atoms with E-state index in [9.17, 15) is 4.21 Å². The molecule has 10 heavy (non-hydrogen) atoms. The third kappa shape index (κ3) is 1.46. The summed E-state index contributed by atoms with van der Waals surface area (Å²) in [5, 5.41) is -0.398. The van der Waals surface area contributed by atoms with Gasteiger partial charge in [-0.1, -0.05) is 12.2 Å². The zero-order valence-corrected chi connectivity index (χ0v) is 6.17. The monoisotopic (exact) mass is 159 g/mol. The lowest BCUT2D eigenvalue weighted by molar-refractivity contribution is 0.553. The van der Waals surface area contributed by atoms with Gasteiger partial charge in [0.25, 0.3) is 0 Å². The van der Waals surface area contributed by atoms with Crippen molar-refractivity contribution < 1.29 is 8.76 Å². The van der Waals surface area contributed by atoms with Gasteiger partial charge in [0.05, 0.1) is 0 Å². The van der Waals surface area contributed by atoms with Crippen molar-refractivity contribution in [1.82, 2.24) is 0 Å². The van der Waals surface area contributed by atoms with Crippen molar-refractivity contribution in [3.63, 3.8) is 0 Å². The average molecular weight is 159 g/mol. The number of rotatable bonds is 1. The lowest BCUT2D eigenvalue weighted by Gasteiger charge is -2.12. The minimum Gasteiger partial charge on any atom is -0.401 e. The SMILES string of the molecule is NC1=CC=CCC1S(=O)O. The van der Waals surface area contributed by atoms with Crippen molar-refractivity contribution in [1.29, 1.82) is 0 Å². The minimum absolute atomic E-state index is 0.398. The molecule has 1 rings (SSSR count). The van der Waals surface area contributed by atoms with Gasteiger partial charge in [-0.2, -0.15) is 0 Å². The van der Waals surface area contributed by atoms with Crippen LogP contribution in [0.15, 0.2) is 23.9 Å². The van der Waals surface area contributed by atoms with E-state index in [4.69, 9.17) is 10.3 Å². The summed E-state index contributed by atoms with van der Waals surface area (Å²) in [4.78, 5) is 0. The molecular weight excluding hydrogens is 150 g/mol. The maximum absolute atomic E-state index is 10.5. The van der Waals surface area contributed by atoms with Crippen LogP contribution in [-0.2, 0) is 11.1 Å². The Morgan fingerprint density at radius 2 is 2.50 bits per heavy atom. The van der Waals surface area contributed by atoms with Crippen molar-refractivity contribution in [2.45, 2.75) is 11.7 Å². The van der Waals surface area contributed by atoms with Gasteiger partial charge in [-0.25, -0.2) is 4.21 Å². The highest BCUT2D eigenvalue weighted by Gasteiger charge is 2.17. The van der Waals surface area contributed by atoms with Gasteiger partial charge in [-0.3, -0.25) is 0 Å². The van der Waals surface area contributed by atoms with Gasteiger partial charge in [-0.05, 0) is 12.5 Å². The van der Waals surface area contributed by atoms with Gasteiger partial charge in [0.15, 0.2) is 11.1 Å². The normalized spacial score (nSPS) is 27.7. The smallest absolute Gasteiger partial charge is 0.162 e. The standard InChI is InChI=1S/C6H9NO2S/c7-5-3-1-2-4-6(5)10(8)9/h1-3,6H,4,7H2,(H,8,9). The second kappa shape index (κ2) is 2.98. The van der Waals surface area contributed by atoms with Crippen molar-refractivity contribution in [3.05, 3.63) is 23.9 Å². The van der Waals surface area contributed by atoms with Crippen LogP contribution in [0.4, 0.5) is 0 Å². The molecule has 3 N–H and O–H groups in total. The maximum Gasteiger partial charge on any atom is 0.162 e. The molecule has 0 saturated heterocycles. The first-order valence-electron chi connectivity index (χ1n) is 2.93. The summed E-state index contributed by atoms with van der Waals surface area (Å²) in [6.07, 6.45) is 5.83. The maximum atomic E-state index is 10.5. The first kappa shape index (κ1) is 7.50. The zero-order valence-electron chi connectivity index (χ0n) is 5.36. The molecule has 0 radical (unpaired) electrons. The van der Waals surface area contributed by atoms with Crippen molar-refractivity contribution in [2.24, 2.45) is 5.73 Å². The molecule has 4 heteroatoms. The highest BCUT2D eigenvalue weighted by molar-refractivity contribution is 7.80. The molecule has 0 amide bonds. The van der Waals surface area contributed by atoms with Crippen LogP contribution in [-0.4, -0.2) is 14.0 Å². The second-order valence-electron chi connectivity index (χ2n) is 2.10. The van der Waals surface area contributed by atoms with Gasteiger partial charge in [0.2, 0.25) is 0 Å². The average Bonchev–Trinajstić information content (AvgIpc) is 1.88. The van der Waals surface area contributed by atoms with Crippen LogP contribution in [0.2, 0.25) is 0 Å². The van der Waals surface area contributed by atoms with Crippen LogP contribution in [0.3, 0.4) is 0 Å². The van der Waals surface area contributed by atoms with Crippen LogP contribution in [0.1, 0.15) is 6.42 Å². The molecule has 2 atom stereocenters. The van der Waals surface area contributed by atoms with Crippen LogP contribution in [0.25, 0.3) is 0 Å². The molecule has 2 unspecified atom stereocenters. The van der Waals surface area contributed by atoms with Crippen LogP contribution in [0, 0.1) is 0 Å². The fraction of sp³-hybridized carbons (Fsp3) is 0.333. The number of allylic oxidation sites excluding steroid dienone is 3. The van der Waals surface area contributed by atoms with Gasteiger partial charge in [0, 0.05) is 5.70 Å². The molecule has 0 spiro atoms. The van der Waals surface area contributed by atoms with E-state index in [-0.39, 0.29) is 0 Å². The Balaban J connectivity index is 2.73. The fourth-order valence-electron chi connectivity index (χ4n) is 0.823. The molecule has 1 aliphatic carbocycles. The first-order valence-corrected chi connectivity index (χ1v) is 4.10. The Hall–Kier alpha value is -0.610. The summed E-state index contributed by atoms with van der Waals surface area (Å²) < 4.78 is 19.2. The van der Waals surface area contributed by atoms with Crippen LogP contribution in [0.5, 0.6) is 0 Å². The van der Waals surface area contributed by atoms with Gasteiger partial charge in [0.1, 0.15) is 5.25 Å². The van der Waals surface area contributed by atoms with E-state index in [2.05, 4.69) is 0 Å². The van der Waals surface area contributed by atoms with E-state index in [0.717, 1.165) is 0 Å². The molecule has 0 heterocycles. The van der Waals surface area contributed by atoms with E-state index in [1.807, 2.05) is 6.08 Å². The topological polar surface area (TPSA) is 63.3 Å². The third-order valence-electron chi connectivity index (χ3n) is 1.39. The van der Waals surface area contributed by atoms with Crippen molar-refractivity contribution in [2.75, 3.05) is 0 Å². The Bertz CT molecular complexity index is 210. The summed E-state index contributed by atoms with van der Waals surface area (Å²) in [6.45, 7) is 0. The van der Waals surface area contributed by atoms with E-state index in [0.29, 0.717) is 12.1 Å². The van der Waals surface area contributed by atoms with Crippen LogP contribution < -0.4 is 5.73 Å². The summed E-state index contributed by atoms with van der Waals surface area (Å²) in [5.74, 6) is 0. The van der Waals surface area contributed by atoms with E-state index in [1.54, 1.807) is 12.2 Å². The lowest BCUT2D eigenvalue weighted by Crippen LogP contribution is -2.23. The fourth-order valence-corrected chi connectivity index (χ4v) is 1.41. The molecule has 0 fully saturated rings. The highest BCUT2D eigenvalue weighted by atomic mass is 32.2. The Kier molecular flexibility index (Phi) is 2.24. The summed E-state index contributed by atoms with van der Waals surface area (Å²) >= 11 is -1.83. The van der Waals surface area contributed by atoms with E-state index in [1.165, 1.54) is 0 Å². The van der Waals surface area contributed by atoms with Crippen LogP contribution >= 0.6 is 0 Å². The Labute approximate surface area is 61.9 Å². The van der Waals surface area contributed by atoms with Gasteiger partial charge in [-0.15, -0.1) is 0 Å². The molecule has 0 aromatic carbocycles. The number of nitrogens with two attached hydrogens (primary N) is 1. The van der Waals surface area contributed by atoms with E-state index < -0.39 is 16.3 Å². The van der Waals surface area contributed by atoms with Crippen molar-refractivity contribution in [3.8, 4) is 0 Å². The van der Waals surface area contributed by atoms with Gasteiger partial charge >= 0.3 is 0 Å². The predicted molar refractivity (Wildman–Crippen MR) is 40.6 cm³/mol. The largest absolute Gasteiger partial charge is 0.401 e. The predicted octanol–water partition coefficient (Wildman–Crippen LogP) is 0.379. The van der Waals surface area contributed by atoms with Gasteiger partial charge < -0.3 is 10.3 Å². The molecule has 0 saturated carbocycles. The molecule has 0 aliphatic heterocycles. The lowest BCUT2D eigenvalue weighted by atomic mass is 10.1. The Morgan fingerprint density at radius 3 is 2.90 bits per heavy atom. The summed E-state index contributed by atoms with van der Waals surface area (Å²) in [6, 6.07) is 0. The second-order valence-corrected chi connectivity index (χ2v) is 3.22. The molecule has 3 nitrogen and oxygen atoms in total. The molecule has 0 aromatic heterocycles. The molecule has 1 aliphatic rings.